The van der Waals surface area contributed by atoms with Crippen molar-refractivity contribution in [2.75, 3.05) is 0 Å². The third-order valence-electron chi connectivity index (χ3n) is 1.55. The van der Waals surface area contributed by atoms with Crippen molar-refractivity contribution in [1.82, 2.24) is 0 Å². The van der Waals surface area contributed by atoms with Crippen molar-refractivity contribution < 1.29 is 0 Å². The number of nitrogens with zero attached hydrogens (tertiary/aromatic N) is 1. The van der Waals surface area contributed by atoms with E-state index < -0.39 is 0 Å². The largest absolute Gasteiger partial charge is 0.264 e. The van der Waals surface area contributed by atoms with Gasteiger partial charge in [-0.1, -0.05) is 29.8 Å². The van der Waals surface area contributed by atoms with Gasteiger partial charge in [0.05, 0.1) is 5.69 Å². The second kappa shape index (κ2) is 3.86. The first kappa shape index (κ1) is 8.72. The smallest absolute Gasteiger partial charge is 0.0694 e. The number of hydrogen-bond donors (Lipinski definition) is 0. The van der Waals surface area contributed by atoms with E-state index in [1.54, 1.807) is 0 Å². The first-order chi connectivity index (χ1) is 5.74. The fraction of sp³-hybridized carbons (Fsp3) is 0.182. The highest BCUT2D eigenvalue weighted by Crippen LogP contribution is 2.20. The van der Waals surface area contributed by atoms with Crippen molar-refractivity contribution in [3.05, 3.63) is 35.4 Å². The Morgan fingerprint density at radius 3 is 2.58 bits per heavy atom. The average Bonchev–Trinajstić information content (AvgIpc) is 2.04. The molecule has 0 bridgehead atoms. The second-order valence-corrected chi connectivity index (χ2v) is 2.94. The van der Waals surface area contributed by atoms with Gasteiger partial charge < -0.3 is 0 Å². The Labute approximate surface area is 73.5 Å². The minimum atomic E-state index is 0.943. The van der Waals surface area contributed by atoms with Crippen molar-refractivity contribution in [2.45, 2.75) is 13.8 Å². The van der Waals surface area contributed by atoms with Gasteiger partial charge in [-0.2, -0.15) is 0 Å². The van der Waals surface area contributed by atoms with E-state index in [1.165, 1.54) is 5.57 Å². The molecule has 1 aromatic rings. The highest BCUT2D eigenvalue weighted by atomic mass is 14.7. The van der Waals surface area contributed by atoms with Crippen LogP contribution in [0.4, 0.5) is 5.69 Å². The monoisotopic (exact) mass is 159 g/mol. The molecule has 1 heteroatoms. The number of hydrogen-bond acceptors (Lipinski definition) is 1. The van der Waals surface area contributed by atoms with Crippen LogP contribution in [0.2, 0.25) is 0 Å². The van der Waals surface area contributed by atoms with Crippen LogP contribution >= 0.6 is 0 Å². The number of para-hydroxylation sites is 1. The first-order valence-corrected chi connectivity index (χ1v) is 3.94. The van der Waals surface area contributed by atoms with Gasteiger partial charge >= 0.3 is 0 Å². The minimum absolute atomic E-state index is 0.943. The lowest BCUT2D eigenvalue weighted by molar-refractivity contribution is 1.41. The Morgan fingerprint density at radius 1 is 1.33 bits per heavy atom. The minimum Gasteiger partial charge on any atom is -0.264 e. The average molecular weight is 159 g/mol. The third-order valence-corrected chi connectivity index (χ3v) is 1.55. The molecule has 62 valence electrons. The third kappa shape index (κ3) is 2.06. The maximum atomic E-state index is 3.93. The molecule has 0 heterocycles. The molecule has 0 aliphatic rings. The lowest BCUT2D eigenvalue weighted by Gasteiger charge is -1.99. The molecule has 0 atom stereocenters. The van der Waals surface area contributed by atoms with Gasteiger partial charge in [-0.15, -0.1) is 0 Å². The second-order valence-electron chi connectivity index (χ2n) is 2.94. The molecule has 0 aliphatic heterocycles. The Hall–Kier alpha value is -1.37. The van der Waals surface area contributed by atoms with Crippen LogP contribution < -0.4 is 0 Å². The Balaban J connectivity index is 3.14. The topological polar surface area (TPSA) is 12.4 Å². The number of allylic oxidation sites excluding steroid dienone is 1. The number of benzene rings is 1. The number of aliphatic imine (C=N–C) groups is 1. The van der Waals surface area contributed by atoms with Crippen LogP contribution in [-0.2, 0) is 0 Å². The van der Waals surface area contributed by atoms with Crippen molar-refractivity contribution in [3.8, 4) is 0 Å². The van der Waals surface area contributed by atoms with Gasteiger partial charge in [-0.05, 0) is 26.6 Å². The molecule has 0 saturated carbocycles. The van der Waals surface area contributed by atoms with Crippen LogP contribution in [-0.4, -0.2) is 6.72 Å². The van der Waals surface area contributed by atoms with E-state index in [4.69, 9.17) is 0 Å². The Kier molecular flexibility index (Phi) is 2.81. The molecule has 12 heavy (non-hydrogen) atoms. The SMILES string of the molecule is C=Nc1ccccc1C=C(C)C. The van der Waals surface area contributed by atoms with Crippen LogP contribution in [0.3, 0.4) is 0 Å². The van der Waals surface area contributed by atoms with Crippen LogP contribution in [0, 0.1) is 0 Å². The van der Waals surface area contributed by atoms with Crippen LogP contribution in [0.25, 0.3) is 6.08 Å². The lowest BCUT2D eigenvalue weighted by atomic mass is 10.1. The first-order valence-electron chi connectivity index (χ1n) is 3.94. The molecule has 0 aromatic heterocycles. The molecule has 1 nitrogen and oxygen atoms in total. The van der Waals surface area contributed by atoms with E-state index in [2.05, 4.69) is 31.6 Å². The summed E-state index contributed by atoms with van der Waals surface area (Å²) in [5, 5.41) is 0. The fourth-order valence-electron chi connectivity index (χ4n) is 1.06. The molecule has 1 rings (SSSR count). The fourth-order valence-corrected chi connectivity index (χ4v) is 1.06. The quantitative estimate of drug-likeness (QED) is 0.586. The van der Waals surface area contributed by atoms with Crippen LogP contribution in [0.15, 0.2) is 34.8 Å². The van der Waals surface area contributed by atoms with Crippen molar-refractivity contribution in [2.24, 2.45) is 4.99 Å². The summed E-state index contributed by atoms with van der Waals surface area (Å²) in [4.78, 5) is 3.93. The van der Waals surface area contributed by atoms with E-state index >= 15 is 0 Å². The van der Waals surface area contributed by atoms with Crippen molar-refractivity contribution >= 4 is 18.5 Å². The summed E-state index contributed by atoms with van der Waals surface area (Å²) in [5.74, 6) is 0. The van der Waals surface area contributed by atoms with Gasteiger partial charge in [0.2, 0.25) is 0 Å². The zero-order chi connectivity index (χ0) is 8.97. The summed E-state index contributed by atoms with van der Waals surface area (Å²) in [6.07, 6.45) is 2.10. The molecular formula is C11H13N. The predicted octanol–water partition coefficient (Wildman–Crippen LogP) is 3.44. The predicted molar refractivity (Wildman–Crippen MR) is 55.0 cm³/mol. The van der Waals surface area contributed by atoms with Gasteiger partial charge in [-0.25, -0.2) is 0 Å². The highest BCUT2D eigenvalue weighted by molar-refractivity contribution is 5.66. The molecular weight excluding hydrogens is 146 g/mol. The van der Waals surface area contributed by atoms with Gasteiger partial charge in [0.1, 0.15) is 0 Å². The molecule has 0 radical (unpaired) electrons. The summed E-state index contributed by atoms with van der Waals surface area (Å²) in [6.45, 7) is 7.66. The van der Waals surface area contributed by atoms with E-state index in [0.29, 0.717) is 0 Å². The van der Waals surface area contributed by atoms with E-state index in [-0.39, 0.29) is 0 Å². The highest BCUT2D eigenvalue weighted by Gasteiger charge is 1.93. The summed E-state index contributed by atoms with van der Waals surface area (Å²) in [5.41, 5.74) is 3.34. The van der Waals surface area contributed by atoms with Crippen molar-refractivity contribution in [1.29, 1.82) is 0 Å². The molecule has 0 N–H and O–H groups in total. The van der Waals surface area contributed by atoms with Crippen molar-refractivity contribution in [3.63, 3.8) is 0 Å². The van der Waals surface area contributed by atoms with Gasteiger partial charge in [0.15, 0.2) is 0 Å². The molecule has 0 fully saturated rings. The molecule has 1 aromatic carbocycles. The standard InChI is InChI=1S/C11H13N/c1-9(2)8-10-6-4-5-7-11(10)12-3/h4-8H,3H2,1-2H3. The Morgan fingerprint density at radius 2 is 2.00 bits per heavy atom. The van der Waals surface area contributed by atoms with Gasteiger partial charge in [0.25, 0.3) is 0 Å². The maximum absolute atomic E-state index is 3.93. The van der Waals surface area contributed by atoms with E-state index in [0.717, 1.165) is 11.3 Å². The molecule has 0 amide bonds. The molecule has 0 saturated heterocycles. The molecule has 0 spiro atoms. The summed E-state index contributed by atoms with van der Waals surface area (Å²) >= 11 is 0. The van der Waals surface area contributed by atoms with E-state index in [1.807, 2.05) is 24.3 Å². The van der Waals surface area contributed by atoms with Crippen LogP contribution in [0.5, 0.6) is 0 Å². The van der Waals surface area contributed by atoms with E-state index in [9.17, 15) is 0 Å². The van der Waals surface area contributed by atoms with Gasteiger partial charge in [0, 0.05) is 5.56 Å². The lowest BCUT2D eigenvalue weighted by Crippen LogP contribution is -1.74. The summed E-state index contributed by atoms with van der Waals surface area (Å²) in [7, 11) is 0. The zero-order valence-corrected chi connectivity index (χ0v) is 7.54. The zero-order valence-electron chi connectivity index (χ0n) is 7.54. The normalized spacial score (nSPS) is 9.17. The molecule has 0 unspecified atom stereocenters. The number of rotatable bonds is 2. The maximum Gasteiger partial charge on any atom is 0.0694 e. The Bertz CT molecular complexity index is 307. The summed E-state index contributed by atoms with van der Waals surface area (Å²) < 4.78 is 0. The van der Waals surface area contributed by atoms with Crippen LogP contribution in [0.1, 0.15) is 19.4 Å². The van der Waals surface area contributed by atoms with Gasteiger partial charge in [-0.3, -0.25) is 4.99 Å². The summed E-state index contributed by atoms with van der Waals surface area (Å²) in [6, 6.07) is 7.97. The molecule has 0 aliphatic carbocycles.